The van der Waals surface area contributed by atoms with Crippen molar-refractivity contribution in [2.45, 2.75) is 24.9 Å². The molecule has 0 bridgehead atoms. The van der Waals surface area contributed by atoms with Gasteiger partial charge < -0.3 is 15.4 Å². The van der Waals surface area contributed by atoms with E-state index in [1.165, 1.54) is 42.6 Å². The van der Waals surface area contributed by atoms with Crippen molar-refractivity contribution in [1.82, 2.24) is 5.32 Å². The second kappa shape index (κ2) is 8.64. The maximum atomic E-state index is 14.0. The number of ether oxygens (including phenoxy) is 1. The Kier molecular flexibility index (Phi) is 6.63. The molecular formula is C19H16F6N2O3. The fraction of sp³-hybridized carbons (Fsp3) is 0.263. The molecule has 0 aliphatic heterocycles. The van der Waals surface area contributed by atoms with Gasteiger partial charge in [-0.15, -0.1) is 0 Å². The number of hydrogen-bond acceptors (Lipinski definition) is 4. The molecule has 1 amide bonds. The first-order valence-corrected chi connectivity index (χ1v) is 8.47. The Labute approximate surface area is 167 Å². The summed E-state index contributed by atoms with van der Waals surface area (Å²) < 4.78 is 85.2. The molecule has 1 atom stereocenters. The van der Waals surface area contributed by atoms with Crippen molar-refractivity contribution >= 4 is 17.6 Å². The zero-order valence-electron chi connectivity index (χ0n) is 15.4. The number of benzene rings is 2. The molecule has 2 N–H and O–H groups in total. The standard InChI is InChI=1S/C19H16F6N2O3/c1-2-30-16(29)17(19(23,24)25,26-14-9-4-3-5-10-14)27-15(28)12-7-6-8-13(11-12)18(20,21)22/h3-11,26H,2H2,1H3,(H,27,28)/t17-/m1/s1. The first-order valence-electron chi connectivity index (χ1n) is 8.47. The molecule has 0 heterocycles. The van der Waals surface area contributed by atoms with Gasteiger partial charge in [0, 0.05) is 11.3 Å². The number of halogens is 6. The van der Waals surface area contributed by atoms with Gasteiger partial charge in [0.15, 0.2) is 0 Å². The Hall–Kier alpha value is -3.24. The highest BCUT2D eigenvalue weighted by Gasteiger charge is 2.63. The van der Waals surface area contributed by atoms with Gasteiger partial charge in [-0.3, -0.25) is 4.79 Å². The third kappa shape index (κ3) is 5.02. The number of alkyl halides is 6. The molecule has 2 aromatic rings. The lowest BCUT2D eigenvalue weighted by Gasteiger charge is -2.35. The third-order valence-corrected chi connectivity index (χ3v) is 3.87. The third-order valence-electron chi connectivity index (χ3n) is 3.87. The number of para-hydroxylation sites is 1. The molecule has 0 unspecified atom stereocenters. The fourth-order valence-electron chi connectivity index (χ4n) is 2.45. The Morgan fingerprint density at radius 1 is 0.933 bits per heavy atom. The van der Waals surface area contributed by atoms with E-state index in [9.17, 15) is 35.9 Å². The van der Waals surface area contributed by atoms with E-state index in [0.717, 1.165) is 12.1 Å². The van der Waals surface area contributed by atoms with Crippen LogP contribution in [0, 0.1) is 0 Å². The summed E-state index contributed by atoms with van der Waals surface area (Å²) in [7, 11) is 0. The van der Waals surface area contributed by atoms with Crippen molar-refractivity contribution in [3.63, 3.8) is 0 Å². The zero-order chi connectivity index (χ0) is 22.6. The lowest BCUT2D eigenvalue weighted by molar-refractivity contribution is -0.204. The van der Waals surface area contributed by atoms with E-state index in [4.69, 9.17) is 0 Å². The molecule has 0 aliphatic carbocycles. The zero-order valence-corrected chi connectivity index (χ0v) is 15.4. The van der Waals surface area contributed by atoms with Crippen molar-refractivity contribution in [3.8, 4) is 0 Å². The van der Waals surface area contributed by atoms with Crippen molar-refractivity contribution in [2.24, 2.45) is 0 Å². The highest BCUT2D eigenvalue weighted by Crippen LogP contribution is 2.34. The van der Waals surface area contributed by atoms with Crippen LogP contribution in [-0.2, 0) is 15.7 Å². The number of amides is 1. The molecule has 0 saturated heterocycles. The summed E-state index contributed by atoms with van der Waals surface area (Å²) >= 11 is 0. The lowest BCUT2D eigenvalue weighted by Crippen LogP contribution is -2.69. The van der Waals surface area contributed by atoms with Crippen LogP contribution in [0.25, 0.3) is 0 Å². The van der Waals surface area contributed by atoms with E-state index < -0.39 is 47.6 Å². The van der Waals surface area contributed by atoms with Gasteiger partial charge in [-0.05, 0) is 37.3 Å². The Bertz CT molecular complexity index is 899. The number of esters is 1. The maximum absolute atomic E-state index is 14.0. The Balaban J connectivity index is 2.51. The van der Waals surface area contributed by atoms with Crippen LogP contribution in [-0.4, -0.2) is 30.3 Å². The van der Waals surface area contributed by atoms with E-state index >= 15 is 0 Å². The van der Waals surface area contributed by atoms with Gasteiger partial charge in [0.25, 0.3) is 5.91 Å². The molecule has 0 fully saturated rings. The van der Waals surface area contributed by atoms with Crippen LogP contribution < -0.4 is 10.6 Å². The second-order valence-corrected chi connectivity index (χ2v) is 5.99. The molecule has 0 saturated carbocycles. The van der Waals surface area contributed by atoms with Crippen LogP contribution in [0.15, 0.2) is 54.6 Å². The summed E-state index contributed by atoms with van der Waals surface area (Å²) in [4.78, 5) is 24.8. The molecule has 162 valence electrons. The van der Waals surface area contributed by atoms with Crippen LogP contribution in [0.4, 0.5) is 32.0 Å². The summed E-state index contributed by atoms with van der Waals surface area (Å²) in [6.45, 7) is 0.822. The van der Waals surface area contributed by atoms with Crippen molar-refractivity contribution in [1.29, 1.82) is 0 Å². The van der Waals surface area contributed by atoms with Crippen LogP contribution in [0.1, 0.15) is 22.8 Å². The van der Waals surface area contributed by atoms with Crippen LogP contribution in [0.3, 0.4) is 0 Å². The molecule has 0 aromatic heterocycles. The number of rotatable bonds is 6. The van der Waals surface area contributed by atoms with E-state index in [0.29, 0.717) is 12.1 Å². The number of anilines is 1. The van der Waals surface area contributed by atoms with Gasteiger partial charge in [-0.25, -0.2) is 4.79 Å². The van der Waals surface area contributed by atoms with Gasteiger partial charge in [0.05, 0.1) is 12.2 Å². The van der Waals surface area contributed by atoms with Crippen LogP contribution in [0.5, 0.6) is 0 Å². The number of carbonyl (C=O) groups excluding carboxylic acids is 2. The molecular weight excluding hydrogens is 418 g/mol. The van der Waals surface area contributed by atoms with E-state index in [2.05, 4.69) is 4.74 Å². The molecule has 0 radical (unpaired) electrons. The summed E-state index contributed by atoms with van der Waals surface area (Å²) in [5.74, 6) is -3.43. The molecule has 0 spiro atoms. The van der Waals surface area contributed by atoms with Crippen LogP contribution >= 0.6 is 0 Å². The monoisotopic (exact) mass is 434 g/mol. The Morgan fingerprint density at radius 3 is 2.10 bits per heavy atom. The van der Waals surface area contributed by atoms with E-state index in [1.54, 1.807) is 0 Å². The molecule has 11 heteroatoms. The highest BCUT2D eigenvalue weighted by atomic mass is 19.4. The first kappa shape index (κ1) is 23.0. The van der Waals surface area contributed by atoms with Gasteiger partial charge in [0.1, 0.15) is 0 Å². The minimum Gasteiger partial charge on any atom is -0.463 e. The van der Waals surface area contributed by atoms with Gasteiger partial charge in [0.2, 0.25) is 0 Å². The topological polar surface area (TPSA) is 67.4 Å². The number of nitrogens with one attached hydrogen (secondary N) is 2. The van der Waals surface area contributed by atoms with Crippen molar-refractivity contribution < 1.29 is 40.7 Å². The second-order valence-electron chi connectivity index (χ2n) is 5.99. The average Bonchev–Trinajstić information content (AvgIpc) is 2.67. The summed E-state index contributed by atoms with van der Waals surface area (Å²) in [6, 6.07) is 9.46. The quantitative estimate of drug-likeness (QED) is 0.403. The normalized spacial score (nSPS) is 13.8. The van der Waals surface area contributed by atoms with Crippen molar-refractivity contribution in [3.05, 3.63) is 65.7 Å². The number of carbonyl (C=O) groups is 2. The SMILES string of the molecule is CCOC(=O)[C@](NC(=O)c1cccc(C(F)(F)F)c1)(Nc1ccccc1)C(F)(F)F. The average molecular weight is 434 g/mol. The number of hydrogen-bond donors (Lipinski definition) is 2. The highest BCUT2D eigenvalue weighted by molar-refractivity contribution is 5.99. The predicted molar refractivity (Wildman–Crippen MR) is 94.4 cm³/mol. The van der Waals surface area contributed by atoms with Crippen LogP contribution in [0.2, 0.25) is 0 Å². The lowest BCUT2D eigenvalue weighted by atomic mass is 10.1. The van der Waals surface area contributed by atoms with Gasteiger partial charge in [-0.1, -0.05) is 24.3 Å². The fourth-order valence-corrected chi connectivity index (χ4v) is 2.45. The molecule has 30 heavy (non-hydrogen) atoms. The molecule has 2 rings (SSSR count). The predicted octanol–water partition coefficient (Wildman–Crippen LogP) is 4.37. The summed E-state index contributed by atoms with van der Waals surface area (Å²) in [5.41, 5.74) is -5.89. The molecule has 5 nitrogen and oxygen atoms in total. The van der Waals surface area contributed by atoms with E-state index in [1.807, 2.05) is 5.32 Å². The minimum absolute atomic E-state index is 0.188. The minimum atomic E-state index is -5.41. The first-order chi connectivity index (χ1) is 13.9. The molecule has 0 aliphatic rings. The van der Waals surface area contributed by atoms with E-state index in [-0.39, 0.29) is 5.69 Å². The van der Waals surface area contributed by atoms with Gasteiger partial charge >= 0.3 is 24.0 Å². The summed E-state index contributed by atoms with van der Waals surface area (Å²) in [6.07, 6.45) is -10.2. The van der Waals surface area contributed by atoms with Crippen molar-refractivity contribution in [2.75, 3.05) is 11.9 Å². The molecule has 2 aromatic carbocycles. The van der Waals surface area contributed by atoms with Gasteiger partial charge in [-0.2, -0.15) is 26.3 Å². The Morgan fingerprint density at radius 2 is 1.57 bits per heavy atom. The maximum Gasteiger partial charge on any atom is 0.441 e. The largest absolute Gasteiger partial charge is 0.463 e. The summed E-state index contributed by atoms with van der Waals surface area (Å²) in [5, 5.41) is 3.39. The smallest absolute Gasteiger partial charge is 0.441 e.